The maximum atomic E-state index is 6.60. The lowest BCUT2D eigenvalue weighted by atomic mass is 9.96. The number of furan rings is 2. The van der Waals surface area contributed by atoms with E-state index in [4.69, 9.17) is 8.83 Å². The minimum Gasteiger partial charge on any atom is -0.455 e. The fourth-order valence-electron chi connectivity index (χ4n) is 9.15. The Morgan fingerprint density at radius 2 is 0.814 bits per heavy atom. The van der Waals surface area contributed by atoms with Gasteiger partial charge in [0, 0.05) is 49.3 Å². The first-order valence-corrected chi connectivity index (χ1v) is 20.1. The SMILES string of the molecule is c1ccc(-c2ccccc2N(c2ccc(-c3cccc4oc5c6ccccc6ccc5c34)cc2)c2cccc(-c3cccc4oc5c6ccccc6ccc5c34)c2)cc1. The first-order valence-electron chi connectivity index (χ1n) is 20.1. The molecular weight excluding hydrogens is 719 g/mol. The van der Waals surface area contributed by atoms with E-state index in [9.17, 15) is 0 Å². The Balaban J connectivity index is 1.03. The molecule has 276 valence electrons. The second kappa shape index (κ2) is 13.4. The molecule has 59 heavy (non-hydrogen) atoms. The highest BCUT2D eigenvalue weighted by Gasteiger charge is 2.21. The van der Waals surface area contributed by atoms with Gasteiger partial charge in [-0.05, 0) is 93.2 Å². The molecule has 0 bridgehead atoms. The number of nitrogens with zero attached hydrogens (tertiary/aromatic N) is 1. The van der Waals surface area contributed by atoms with Crippen LogP contribution in [0.25, 0.3) is 98.8 Å². The van der Waals surface area contributed by atoms with Crippen molar-refractivity contribution in [1.29, 1.82) is 0 Å². The Bertz CT molecular complexity index is 3560. The number of para-hydroxylation sites is 1. The van der Waals surface area contributed by atoms with Gasteiger partial charge in [0.25, 0.3) is 0 Å². The lowest BCUT2D eigenvalue weighted by Crippen LogP contribution is -2.11. The summed E-state index contributed by atoms with van der Waals surface area (Å²) in [5.74, 6) is 0. The standard InChI is InChI=1S/C56H35NO2/c1-2-13-36(14-3-1)43-19-8-9-24-50(43)57(41-31-27-39(28-32-41)44-22-11-25-51-53(44)48-33-29-37-15-4-6-20-46(37)55(48)58-51)42-18-10-17-40(35-42)45-23-12-26-52-54(45)49-34-30-38-16-5-7-21-47(38)56(49)59-52/h1-35H. The predicted octanol–water partition coefficient (Wildman–Crippen LogP) is 16.3. The van der Waals surface area contributed by atoms with Gasteiger partial charge < -0.3 is 13.7 Å². The minimum absolute atomic E-state index is 0.884. The maximum absolute atomic E-state index is 6.60. The van der Waals surface area contributed by atoms with E-state index in [0.29, 0.717) is 0 Å². The molecule has 0 aliphatic carbocycles. The summed E-state index contributed by atoms with van der Waals surface area (Å²) in [4.78, 5) is 2.39. The van der Waals surface area contributed by atoms with E-state index in [-0.39, 0.29) is 0 Å². The number of benzene rings is 10. The molecule has 3 heteroatoms. The van der Waals surface area contributed by atoms with Gasteiger partial charge in [0.1, 0.15) is 22.3 Å². The third-order valence-corrected chi connectivity index (χ3v) is 11.9. The number of anilines is 3. The van der Waals surface area contributed by atoms with Crippen molar-refractivity contribution >= 4 is 82.5 Å². The quantitative estimate of drug-likeness (QED) is 0.169. The molecule has 3 nitrogen and oxygen atoms in total. The van der Waals surface area contributed by atoms with Crippen molar-refractivity contribution in [3.63, 3.8) is 0 Å². The van der Waals surface area contributed by atoms with Gasteiger partial charge in [-0.1, -0.05) is 158 Å². The first-order chi connectivity index (χ1) is 29.3. The molecular formula is C56H35NO2. The van der Waals surface area contributed by atoms with Crippen molar-refractivity contribution < 1.29 is 8.83 Å². The van der Waals surface area contributed by atoms with Crippen LogP contribution in [0.3, 0.4) is 0 Å². The fourth-order valence-corrected chi connectivity index (χ4v) is 9.15. The molecule has 0 aliphatic rings. The molecule has 0 atom stereocenters. The Labute approximate surface area is 340 Å². The third kappa shape index (κ3) is 5.36. The molecule has 10 aromatic carbocycles. The highest BCUT2D eigenvalue weighted by Crippen LogP contribution is 2.45. The number of hydrogen-bond donors (Lipinski definition) is 0. The van der Waals surface area contributed by atoms with E-state index >= 15 is 0 Å². The summed E-state index contributed by atoms with van der Waals surface area (Å²) in [5.41, 5.74) is 13.7. The van der Waals surface area contributed by atoms with Crippen molar-refractivity contribution in [2.45, 2.75) is 0 Å². The van der Waals surface area contributed by atoms with Crippen LogP contribution in [-0.2, 0) is 0 Å². The van der Waals surface area contributed by atoms with Crippen molar-refractivity contribution in [3.8, 4) is 33.4 Å². The maximum Gasteiger partial charge on any atom is 0.143 e. The third-order valence-electron chi connectivity index (χ3n) is 11.9. The fraction of sp³-hybridized carbons (Fsp3) is 0. The molecule has 0 fully saturated rings. The molecule has 0 amide bonds. The summed E-state index contributed by atoms with van der Waals surface area (Å²) in [6.45, 7) is 0. The second-order valence-electron chi connectivity index (χ2n) is 15.2. The summed E-state index contributed by atoms with van der Waals surface area (Å²) >= 11 is 0. The van der Waals surface area contributed by atoms with E-state index in [1.165, 1.54) is 10.8 Å². The molecule has 0 N–H and O–H groups in total. The Kier molecular flexibility index (Phi) is 7.54. The van der Waals surface area contributed by atoms with E-state index < -0.39 is 0 Å². The predicted molar refractivity (Wildman–Crippen MR) is 247 cm³/mol. The molecule has 0 unspecified atom stereocenters. The molecule has 0 aliphatic heterocycles. The lowest BCUT2D eigenvalue weighted by Gasteiger charge is -2.28. The van der Waals surface area contributed by atoms with E-state index in [2.05, 4.69) is 217 Å². The normalized spacial score (nSPS) is 11.7. The van der Waals surface area contributed by atoms with Crippen LogP contribution in [0.4, 0.5) is 17.1 Å². The van der Waals surface area contributed by atoms with Gasteiger partial charge in [-0.3, -0.25) is 0 Å². The minimum atomic E-state index is 0.884. The van der Waals surface area contributed by atoms with Gasteiger partial charge in [-0.25, -0.2) is 0 Å². The van der Waals surface area contributed by atoms with Gasteiger partial charge >= 0.3 is 0 Å². The first kappa shape index (κ1) is 33.3. The summed E-state index contributed by atoms with van der Waals surface area (Å²) in [6, 6.07) is 75.7. The molecule has 0 saturated carbocycles. The van der Waals surface area contributed by atoms with Crippen molar-refractivity contribution in [2.75, 3.05) is 4.90 Å². The number of fused-ring (bicyclic) bond motifs is 10. The van der Waals surface area contributed by atoms with Gasteiger partial charge in [0.2, 0.25) is 0 Å². The average Bonchev–Trinajstić information content (AvgIpc) is 3.90. The van der Waals surface area contributed by atoms with Crippen LogP contribution < -0.4 is 4.90 Å². The number of rotatable bonds is 6. The summed E-state index contributed by atoms with van der Waals surface area (Å²) in [7, 11) is 0. The number of hydrogen-bond acceptors (Lipinski definition) is 3. The van der Waals surface area contributed by atoms with Crippen LogP contribution in [0, 0.1) is 0 Å². The summed E-state index contributed by atoms with van der Waals surface area (Å²) in [5, 5.41) is 9.10. The monoisotopic (exact) mass is 753 g/mol. The second-order valence-corrected chi connectivity index (χ2v) is 15.2. The Morgan fingerprint density at radius 1 is 0.305 bits per heavy atom. The summed E-state index contributed by atoms with van der Waals surface area (Å²) in [6.07, 6.45) is 0. The zero-order valence-corrected chi connectivity index (χ0v) is 32.0. The largest absolute Gasteiger partial charge is 0.455 e. The van der Waals surface area contributed by atoms with Gasteiger partial charge in [-0.15, -0.1) is 0 Å². The van der Waals surface area contributed by atoms with E-state index in [0.717, 1.165) is 105 Å². The lowest BCUT2D eigenvalue weighted by molar-refractivity contribution is 0.672. The van der Waals surface area contributed by atoms with E-state index in [1.54, 1.807) is 0 Å². The molecule has 0 spiro atoms. The van der Waals surface area contributed by atoms with Crippen LogP contribution >= 0.6 is 0 Å². The topological polar surface area (TPSA) is 29.5 Å². The van der Waals surface area contributed by atoms with Crippen LogP contribution in [0.1, 0.15) is 0 Å². The molecule has 0 radical (unpaired) electrons. The average molecular weight is 754 g/mol. The van der Waals surface area contributed by atoms with Crippen LogP contribution in [0.2, 0.25) is 0 Å². The molecule has 0 saturated heterocycles. The van der Waals surface area contributed by atoms with Gasteiger partial charge in [0.15, 0.2) is 0 Å². The highest BCUT2D eigenvalue weighted by molar-refractivity contribution is 6.20. The highest BCUT2D eigenvalue weighted by atomic mass is 16.3. The van der Waals surface area contributed by atoms with Gasteiger partial charge in [-0.2, -0.15) is 0 Å². The smallest absolute Gasteiger partial charge is 0.143 e. The van der Waals surface area contributed by atoms with Crippen LogP contribution in [0.5, 0.6) is 0 Å². The van der Waals surface area contributed by atoms with Crippen LogP contribution in [0.15, 0.2) is 221 Å². The Morgan fingerprint density at radius 3 is 1.47 bits per heavy atom. The zero-order chi connectivity index (χ0) is 38.9. The van der Waals surface area contributed by atoms with E-state index in [1.807, 2.05) is 0 Å². The molecule has 12 aromatic rings. The zero-order valence-electron chi connectivity index (χ0n) is 32.0. The van der Waals surface area contributed by atoms with Crippen molar-refractivity contribution in [2.24, 2.45) is 0 Å². The van der Waals surface area contributed by atoms with Crippen LogP contribution in [-0.4, -0.2) is 0 Å². The van der Waals surface area contributed by atoms with Crippen molar-refractivity contribution in [3.05, 3.63) is 212 Å². The molecule has 2 heterocycles. The van der Waals surface area contributed by atoms with Gasteiger partial charge in [0.05, 0.1) is 5.69 Å². The van der Waals surface area contributed by atoms with Crippen molar-refractivity contribution in [1.82, 2.24) is 0 Å². The summed E-state index contributed by atoms with van der Waals surface area (Å²) < 4.78 is 13.2. The Hall–Kier alpha value is -7.88. The molecule has 12 rings (SSSR count). The molecule has 2 aromatic heterocycles.